The zero-order valence-corrected chi connectivity index (χ0v) is 14.8. The zero-order valence-electron chi connectivity index (χ0n) is 14.8. The lowest BCUT2D eigenvalue weighted by atomic mass is 10.2. The Labute approximate surface area is 154 Å². The smallest absolute Gasteiger partial charge is 0.263 e. The normalized spacial score (nSPS) is 10.9. The van der Waals surface area contributed by atoms with E-state index in [9.17, 15) is 4.79 Å². The summed E-state index contributed by atoms with van der Waals surface area (Å²) in [7, 11) is 0. The van der Waals surface area contributed by atoms with Gasteiger partial charge in [0.25, 0.3) is 5.91 Å². The Kier molecular flexibility index (Phi) is 4.29. The number of hydrogen-bond acceptors (Lipinski definition) is 6. The van der Waals surface area contributed by atoms with E-state index >= 15 is 0 Å². The fourth-order valence-corrected chi connectivity index (χ4v) is 2.62. The number of fused-ring (bicyclic) bond motifs is 1. The molecule has 4 rings (SSSR count). The molecule has 0 bridgehead atoms. The molecular weight excluding hydrogens is 346 g/mol. The van der Waals surface area contributed by atoms with Crippen LogP contribution < -0.4 is 10.1 Å². The SMILES string of the molecule is Cc1ccc(OCC(=O)Nc2cc(C)on2)c(-n2nc3ccccc3n2)c1. The standard InChI is InChI=1S/C19H17N5O3/c1-12-7-8-17(26-11-19(25)20-18-10-13(2)27-23-18)16(9-12)24-21-14-5-3-4-6-15(14)22-24/h3-10H,11H2,1-2H3,(H,20,23,25). The number of ether oxygens (including phenoxy) is 1. The quantitative estimate of drug-likeness (QED) is 0.586. The minimum Gasteiger partial charge on any atom is -0.481 e. The molecule has 2 heterocycles. The number of aromatic nitrogens is 4. The first-order valence-electron chi connectivity index (χ1n) is 8.37. The van der Waals surface area contributed by atoms with Crippen molar-refractivity contribution in [1.82, 2.24) is 20.2 Å². The molecule has 1 N–H and O–H groups in total. The summed E-state index contributed by atoms with van der Waals surface area (Å²) in [5.74, 6) is 1.13. The molecule has 4 aromatic rings. The van der Waals surface area contributed by atoms with Gasteiger partial charge in [0.05, 0.1) is 0 Å². The van der Waals surface area contributed by atoms with Crippen LogP contribution in [0.15, 0.2) is 53.1 Å². The lowest BCUT2D eigenvalue weighted by molar-refractivity contribution is -0.118. The molecule has 0 unspecified atom stereocenters. The first-order chi connectivity index (χ1) is 13.1. The van der Waals surface area contributed by atoms with Gasteiger partial charge in [0.15, 0.2) is 12.4 Å². The molecule has 0 saturated carbocycles. The van der Waals surface area contributed by atoms with E-state index in [-0.39, 0.29) is 12.5 Å². The molecule has 8 nitrogen and oxygen atoms in total. The molecule has 0 aliphatic rings. The Morgan fingerprint density at radius 1 is 1.11 bits per heavy atom. The maximum Gasteiger partial charge on any atom is 0.263 e. The van der Waals surface area contributed by atoms with Gasteiger partial charge in [0, 0.05) is 6.07 Å². The summed E-state index contributed by atoms with van der Waals surface area (Å²) < 4.78 is 10.6. The molecule has 0 radical (unpaired) electrons. The number of rotatable bonds is 5. The minimum absolute atomic E-state index is 0.178. The second kappa shape index (κ2) is 6.91. The summed E-state index contributed by atoms with van der Waals surface area (Å²) in [4.78, 5) is 13.6. The number of nitrogens with zero attached hydrogens (tertiary/aromatic N) is 4. The van der Waals surface area contributed by atoms with Crippen molar-refractivity contribution in [2.75, 3.05) is 11.9 Å². The van der Waals surface area contributed by atoms with Crippen LogP contribution in [-0.2, 0) is 4.79 Å². The van der Waals surface area contributed by atoms with Gasteiger partial charge in [-0.05, 0) is 43.7 Å². The van der Waals surface area contributed by atoms with E-state index in [1.807, 2.05) is 43.3 Å². The predicted molar refractivity (Wildman–Crippen MR) is 99.0 cm³/mol. The van der Waals surface area contributed by atoms with Crippen molar-refractivity contribution in [3.8, 4) is 11.4 Å². The van der Waals surface area contributed by atoms with E-state index in [1.54, 1.807) is 19.1 Å². The second-order valence-electron chi connectivity index (χ2n) is 6.11. The first kappa shape index (κ1) is 16.8. The van der Waals surface area contributed by atoms with Gasteiger partial charge >= 0.3 is 0 Å². The Morgan fingerprint density at radius 2 is 1.85 bits per heavy atom. The highest BCUT2D eigenvalue weighted by Gasteiger charge is 2.13. The Hall–Kier alpha value is -3.68. The number of hydrogen-bond donors (Lipinski definition) is 1. The van der Waals surface area contributed by atoms with Crippen LogP contribution in [0.1, 0.15) is 11.3 Å². The molecule has 0 aliphatic carbocycles. The van der Waals surface area contributed by atoms with Gasteiger partial charge in [-0.2, -0.15) is 0 Å². The third kappa shape index (κ3) is 3.64. The van der Waals surface area contributed by atoms with E-state index in [4.69, 9.17) is 9.26 Å². The summed E-state index contributed by atoms with van der Waals surface area (Å²) in [6, 6.07) is 14.8. The van der Waals surface area contributed by atoms with Crippen molar-refractivity contribution < 1.29 is 14.1 Å². The number of carbonyl (C=O) groups excluding carboxylic acids is 1. The number of benzene rings is 2. The number of aryl methyl sites for hydroxylation is 2. The number of carbonyl (C=O) groups is 1. The Morgan fingerprint density at radius 3 is 2.52 bits per heavy atom. The van der Waals surface area contributed by atoms with Crippen LogP contribution in [0.3, 0.4) is 0 Å². The molecule has 8 heteroatoms. The molecule has 0 spiro atoms. The van der Waals surface area contributed by atoms with Gasteiger partial charge in [-0.3, -0.25) is 4.79 Å². The third-order valence-electron chi connectivity index (χ3n) is 3.87. The van der Waals surface area contributed by atoms with E-state index < -0.39 is 0 Å². The van der Waals surface area contributed by atoms with Crippen LogP contribution in [0.2, 0.25) is 0 Å². The van der Waals surface area contributed by atoms with Gasteiger partial charge in [-0.1, -0.05) is 23.4 Å². The molecule has 2 aromatic heterocycles. The monoisotopic (exact) mass is 363 g/mol. The first-order valence-corrected chi connectivity index (χ1v) is 8.37. The van der Waals surface area contributed by atoms with E-state index in [1.165, 1.54) is 4.80 Å². The number of amides is 1. The van der Waals surface area contributed by atoms with Crippen molar-refractivity contribution >= 4 is 22.8 Å². The highest BCUT2D eigenvalue weighted by molar-refractivity contribution is 5.91. The van der Waals surface area contributed by atoms with Crippen molar-refractivity contribution in [3.63, 3.8) is 0 Å². The van der Waals surface area contributed by atoms with Crippen molar-refractivity contribution in [2.45, 2.75) is 13.8 Å². The van der Waals surface area contributed by atoms with Crippen LogP contribution >= 0.6 is 0 Å². The average molecular weight is 363 g/mol. The molecule has 1 amide bonds. The average Bonchev–Trinajstić information content (AvgIpc) is 3.26. The maximum atomic E-state index is 12.1. The largest absolute Gasteiger partial charge is 0.481 e. The van der Waals surface area contributed by atoms with E-state index in [0.29, 0.717) is 23.0 Å². The number of nitrogens with one attached hydrogen (secondary N) is 1. The molecule has 2 aromatic carbocycles. The summed E-state index contributed by atoms with van der Waals surface area (Å²) in [5.41, 5.74) is 3.26. The summed E-state index contributed by atoms with van der Waals surface area (Å²) in [5, 5.41) is 15.3. The minimum atomic E-state index is -0.339. The van der Waals surface area contributed by atoms with Crippen LogP contribution in [0.5, 0.6) is 5.75 Å². The van der Waals surface area contributed by atoms with Crippen LogP contribution in [0, 0.1) is 13.8 Å². The Bertz CT molecular complexity index is 1080. The fourth-order valence-electron chi connectivity index (χ4n) is 2.62. The van der Waals surface area contributed by atoms with Crippen molar-refractivity contribution in [1.29, 1.82) is 0 Å². The predicted octanol–water partition coefficient (Wildman–Crippen LogP) is 3.04. The summed E-state index contributed by atoms with van der Waals surface area (Å²) in [6.45, 7) is 3.54. The third-order valence-corrected chi connectivity index (χ3v) is 3.87. The maximum absolute atomic E-state index is 12.1. The molecule has 27 heavy (non-hydrogen) atoms. The second-order valence-corrected chi connectivity index (χ2v) is 6.11. The lowest BCUT2D eigenvalue weighted by Gasteiger charge is -2.11. The van der Waals surface area contributed by atoms with E-state index in [2.05, 4.69) is 20.7 Å². The van der Waals surface area contributed by atoms with Gasteiger partial charge in [0.2, 0.25) is 0 Å². The zero-order chi connectivity index (χ0) is 18.8. The van der Waals surface area contributed by atoms with Gasteiger partial charge in [-0.25, -0.2) is 0 Å². The number of anilines is 1. The summed E-state index contributed by atoms with van der Waals surface area (Å²) >= 11 is 0. The van der Waals surface area contributed by atoms with Crippen molar-refractivity contribution in [2.24, 2.45) is 0 Å². The van der Waals surface area contributed by atoms with Crippen LogP contribution in [0.4, 0.5) is 5.82 Å². The Balaban J connectivity index is 1.55. The molecule has 0 atom stereocenters. The van der Waals surface area contributed by atoms with Crippen LogP contribution in [0.25, 0.3) is 16.7 Å². The van der Waals surface area contributed by atoms with Gasteiger partial charge in [-0.15, -0.1) is 15.0 Å². The van der Waals surface area contributed by atoms with Gasteiger partial charge < -0.3 is 14.6 Å². The highest BCUT2D eigenvalue weighted by Crippen LogP contribution is 2.24. The topological polar surface area (TPSA) is 95.1 Å². The summed E-state index contributed by atoms with van der Waals surface area (Å²) in [6.07, 6.45) is 0. The van der Waals surface area contributed by atoms with Crippen LogP contribution in [-0.4, -0.2) is 32.7 Å². The molecular formula is C19H17N5O3. The molecule has 0 fully saturated rings. The molecule has 0 aliphatic heterocycles. The molecule has 0 saturated heterocycles. The van der Waals surface area contributed by atoms with Crippen molar-refractivity contribution in [3.05, 3.63) is 59.9 Å². The van der Waals surface area contributed by atoms with E-state index in [0.717, 1.165) is 16.6 Å². The van der Waals surface area contributed by atoms with Gasteiger partial charge in [0.1, 0.15) is 28.2 Å². The molecule has 136 valence electrons. The fraction of sp³-hybridized carbons (Fsp3) is 0.158. The lowest BCUT2D eigenvalue weighted by Crippen LogP contribution is -2.21. The highest BCUT2D eigenvalue weighted by atomic mass is 16.5.